The number of carbonyl (C=O) groups is 1. The molecule has 0 saturated carbocycles. The molecule has 2 rings (SSSR count). The van der Waals surface area contributed by atoms with E-state index in [0.717, 1.165) is 38.9 Å². The topological polar surface area (TPSA) is 35.6 Å². The van der Waals surface area contributed by atoms with E-state index in [1.54, 1.807) is 0 Å². The largest absolute Gasteiger partial charge is 0.337 e. The van der Waals surface area contributed by atoms with Crippen molar-refractivity contribution in [2.45, 2.75) is 50.6 Å². The predicted octanol–water partition coefficient (Wildman–Crippen LogP) is 1.07. The van der Waals surface area contributed by atoms with Crippen LogP contribution in [-0.4, -0.2) is 61.5 Å². The number of amides is 1. The van der Waals surface area contributed by atoms with Crippen LogP contribution in [-0.2, 0) is 4.79 Å². The molecule has 18 heavy (non-hydrogen) atoms. The van der Waals surface area contributed by atoms with Crippen LogP contribution in [0.15, 0.2) is 0 Å². The van der Waals surface area contributed by atoms with Gasteiger partial charge in [-0.15, -0.1) is 0 Å². The molecule has 2 heterocycles. The summed E-state index contributed by atoms with van der Waals surface area (Å²) in [4.78, 5) is 16.9. The smallest absolute Gasteiger partial charge is 0.239 e. The van der Waals surface area contributed by atoms with E-state index in [0.29, 0.717) is 11.9 Å². The van der Waals surface area contributed by atoms with E-state index in [1.165, 1.54) is 19.3 Å². The molecule has 4 heteroatoms. The molecular formula is C14H27N3O. The number of likely N-dealkylation sites (tertiary alicyclic amines) is 1. The summed E-state index contributed by atoms with van der Waals surface area (Å²) in [6, 6.07) is 0.507. The second-order valence-electron chi connectivity index (χ2n) is 5.95. The minimum atomic E-state index is 0.0789. The zero-order chi connectivity index (χ0) is 13.0. The minimum absolute atomic E-state index is 0.0789. The Morgan fingerprint density at radius 1 is 1.22 bits per heavy atom. The van der Waals surface area contributed by atoms with E-state index >= 15 is 0 Å². The molecule has 0 radical (unpaired) electrons. The van der Waals surface area contributed by atoms with Crippen molar-refractivity contribution in [3.63, 3.8) is 0 Å². The SMILES string of the molecule is CN(C)CC1CCCN1C(=O)C1CCCCCN1. The van der Waals surface area contributed by atoms with Gasteiger partial charge in [0.2, 0.25) is 5.91 Å². The fourth-order valence-electron chi connectivity index (χ4n) is 3.18. The first kappa shape index (κ1) is 13.8. The van der Waals surface area contributed by atoms with E-state index < -0.39 is 0 Å². The molecule has 0 aromatic carbocycles. The molecule has 2 fully saturated rings. The van der Waals surface area contributed by atoms with Crippen molar-refractivity contribution in [3.05, 3.63) is 0 Å². The molecule has 2 aliphatic heterocycles. The molecule has 2 atom stereocenters. The summed E-state index contributed by atoms with van der Waals surface area (Å²) in [6.07, 6.45) is 7.01. The number of rotatable bonds is 3. The Hall–Kier alpha value is -0.610. The Kier molecular flexibility index (Phi) is 5.01. The van der Waals surface area contributed by atoms with Gasteiger partial charge in [0.25, 0.3) is 0 Å². The summed E-state index contributed by atoms with van der Waals surface area (Å²) in [6.45, 7) is 2.95. The average molecular weight is 253 g/mol. The fraction of sp³-hybridized carbons (Fsp3) is 0.929. The highest BCUT2D eigenvalue weighted by Crippen LogP contribution is 2.20. The van der Waals surface area contributed by atoms with Gasteiger partial charge in [-0.2, -0.15) is 0 Å². The standard InChI is InChI=1S/C14H27N3O/c1-16(2)11-12-7-6-10-17(12)14(18)13-8-4-3-5-9-15-13/h12-13,15H,3-11H2,1-2H3. The van der Waals surface area contributed by atoms with Crippen molar-refractivity contribution in [1.82, 2.24) is 15.1 Å². The molecule has 4 nitrogen and oxygen atoms in total. The highest BCUT2D eigenvalue weighted by atomic mass is 16.2. The highest BCUT2D eigenvalue weighted by Gasteiger charge is 2.33. The van der Waals surface area contributed by atoms with Crippen LogP contribution in [0.3, 0.4) is 0 Å². The second-order valence-corrected chi connectivity index (χ2v) is 5.95. The van der Waals surface area contributed by atoms with Crippen molar-refractivity contribution in [2.75, 3.05) is 33.7 Å². The molecule has 2 saturated heterocycles. The van der Waals surface area contributed by atoms with Crippen LogP contribution in [0.2, 0.25) is 0 Å². The Bertz CT molecular complexity index is 272. The zero-order valence-electron chi connectivity index (χ0n) is 11.8. The Labute approximate surface area is 111 Å². The lowest BCUT2D eigenvalue weighted by Gasteiger charge is -2.30. The molecule has 104 valence electrons. The maximum Gasteiger partial charge on any atom is 0.239 e. The van der Waals surface area contributed by atoms with Crippen LogP contribution in [0.25, 0.3) is 0 Å². The van der Waals surface area contributed by atoms with Crippen molar-refractivity contribution in [3.8, 4) is 0 Å². The number of nitrogens with one attached hydrogen (secondary N) is 1. The third kappa shape index (κ3) is 3.45. The summed E-state index contributed by atoms with van der Waals surface area (Å²) in [5.74, 6) is 0.348. The number of hydrogen-bond acceptors (Lipinski definition) is 3. The molecule has 0 spiro atoms. The molecule has 0 bridgehead atoms. The van der Waals surface area contributed by atoms with Gasteiger partial charge in [-0.25, -0.2) is 0 Å². The summed E-state index contributed by atoms with van der Waals surface area (Å²) in [5, 5.41) is 3.43. The molecular weight excluding hydrogens is 226 g/mol. The molecule has 2 unspecified atom stereocenters. The van der Waals surface area contributed by atoms with E-state index in [4.69, 9.17) is 0 Å². The second kappa shape index (κ2) is 6.53. The quantitative estimate of drug-likeness (QED) is 0.817. The minimum Gasteiger partial charge on any atom is -0.337 e. The molecule has 1 amide bonds. The third-order valence-corrected chi connectivity index (χ3v) is 4.09. The van der Waals surface area contributed by atoms with E-state index in [-0.39, 0.29) is 6.04 Å². The van der Waals surface area contributed by atoms with Gasteiger partial charge in [0.1, 0.15) is 0 Å². The van der Waals surface area contributed by atoms with Gasteiger partial charge in [-0.05, 0) is 46.3 Å². The van der Waals surface area contributed by atoms with Gasteiger partial charge in [0.15, 0.2) is 0 Å². The molecule has 0 aromatic rings. The molecule has 2 aliphatic rings. The normalized spacial score (nSPS) is 29.6. The van der Waals surface area contributed by atoms with Gasteiger partial charge in [0.05, 0.1) is 6.04 Å². The molecule has 0 aromatic heterocycles. The van der Waals surface area contributed by atoms with Crippen molar-refractivity contribution < 1.29 is 4.79 Å². The Morgan fingerprint density at radius 2 is 2.06 bits per heavy atom. The first-order valence-electron chi connectivity index (χ1n) is 7.37. The lowest BCUT2D eigenvalue weighted by Crippen LogP contribution is -2.50. The number of likely N-dealkylation sites (N-methyl/N-ethyl adjacent to an activating group) is 1. The van der Waals surface area contributed by atoms with Crippen LogP contribution in [0.1, 0.15) is 38.5 Å². The summed E-state index contributed by atoms with van der Waals surface area (Å²) in [7, 11) is 4.18. The van der Waals surface area contributed by atoms with Crippen LogP contribution in [0, 0.1) is 0 Å². The Morgan fingerprint density at radius 3 is 2.83 bits per heavy atom. The lowest BCUT2D eigenvalue weighted by atomic mass is 10.1. The summed E-state index contributed by atoms with van der Waals surface area (Å²) in [5.41, 5.74) is 0. The molecule has 1 N–H and O–H groups in total. The maximum atomic E-state index is 12.6. The number of hydrogen-bond donors (Lipinski definition) is 1. The van der Waals surface area contributed by atoms with E-state index in [1.807, 2.05) is 0 Å². The highest BCUT2D eigenvalue weighted by molar-refractivity contribution is 5.82. The zero-order valence-corrected chi connectivity index (χ0v) is 11.8. The fourth-order valence-corrected chi connectivity index (χ4v) is 3.18. The Balaban J connectivity index is 1.93. The van der Waals surface area contributed by atoms with Crippen molar-refractivity contribution >= 4 is 5.91 Å². The van der Waals surface area contributed by atoms with Gasteiger partial charge < -0.3 is 15.1 Å². The van der Waals surface area contributed by atoms with Gasteiger partial charge >= 0.3 is 0 Å². The molecule has 0 aliphatic carbocycles. The first-order valence-corrected chi connectivity index (χ1v) is 7.37. The number of nitrogens with zero attached hydrogens (tertiary/aromatic N) is 2. The summed E-state index contributed by atoms with van der Waals surface area (Å²) >= 11 is 0. The van der Waals surface area contributed by atoms with Crippen molar-refractivity contribution in [1.29, 1.82) is 0 Å². The maximum absolute atomic E-state index is 12.6. The summed E-state index contributed by atoms with van der Waals surface area (Å²) < 4.78 is 0. The first-order chi connectivity index (χ1) is 8.68. The van der Waals surface area contributed by atoms with Crippen LogP contribution < -0.4 is 5.32 Å². The monoisotopic (exact) mass is 253 g/mol. The van der Waals surface area contributed by atoms with Crippen LogP contribution in [0.4, 0.5) is 0 Å². The number of carbonyl (C=O) groups excluding carboxylic acids is 1. The average Bonchev–Trinajstić information content (AvgIpc) is 2.63. The van der Waals surface area contributed by atoms with E-state index in [2.05, 4.69) is 29.2 Å². The van der Waals surface area contributed by atoms with Gasteiger partial charge in [0, 0.05) is 19.1 Å². The van der Waals surface area contributed by atoms with Crippen LogP contribution in [0.5, 0.6) is 0 Å². The van der Waals surface area contributed by atoms with E-state index in [9.17, 15) is 4.79 Å². The van der Waals surface area contributed by atoms with Crippen molar-refractivity contribution in [2.24, 2.45) is 0 Å². The predicted molar refractivity (Wildman–Crippen MR) is 73.5 cm³/mol. The third-order valence-electron chi connectivity index (χ3n) is 4.09. The van der Waals surface area contributed by atoms with Gasteiger partial charge in [-0.3, -0.25) is 4.79 Å². The van der Waals surface area contributed by atoms with Crippen LogP contribution >= 0.6 is 0 Å². The lowest BCUT2D eigenvalue weighted by molar-refractivity contribution is -0.134. The van der Waals surface area contributed by atoms with Gasteiger partial charge in [-0.1, -0.05) is 12.8 Å².